The zero-order valence-electron chi connectivity index (χ0n) is 8.10. The summed E-state index contributed by atoms with van der Waals surface area (Å²) >= 11 is 0. The first-order valence-electron chi connectivity index (χ1n) is 4.75. The molecule has 0 amide bonds. The van der Waals surface area contributed by atoms with Gasteiger partial charge in [-0.25, -0.2) is 0 Å². The van der Waals surface area contributed by atoms with Gasteiger partial charge in [0.05, 0.1) is 7.11 Å². The van der Waals surface area contributed by atoms with Crippen molar-refractivity contribution in [1.29, 1.82) is 0 Å². The number of benzene rings is 1. The molecule has 0 heterocycles. The highest BCUT2D eigenvalue weighted by Crippen LogP contribution is 2.40. The van der Waals surface area contributed by atoms with Crippen LogP contribution in [0, 0.1) is 0 Å². The van der Waals surface area contributed by atoms with Gasteiger partial charge in [-0.15, -0.1) is 0 Å². The van der Waals surface area contributed by atoms with Crippen LogP contribution in [0.15, 0.2) is 18.2 Å². The van der Waals surface area contributed by atoms with Crippen LogP contribution in [0.4, 0.5) is 0 Å². The second-order valence-corrected chi connectivity index (χ2v) is 3.69. The van der Waals surface area contributed by atoms with Crippen LogP contribution in [0.5, 0.6) is 5.75 Å². The Bertz CT molecular complexity index is 314. The van der Waals surface area contributed by atoms with Crippen molar-refractivity contribution >= 4 is 12.6 Å². The fourth-order valence-electron chi connectivity index (χ4n) is 1.57. The molecule has 4 heteroatoms. The molecule has 0 spiro atoms. The van der Waals surface area contributed by atoms with Crippen molar-refractivity contribution in [3.63, 3.8) is 0 Å². The third-order valence-corrected chi connectivity index (χ3v) is 2.53. The lowest BCUT2D eigenvalue weighted by Crippen LogP contribution is -2.30. The van der Waals surface area contributed by atoms with Crippen LogP contribution in [0.2, 0.25) is 0 Å². The van der Waals surface area contributed by atoms with Crippen molar-refractivity contribution in [1.82, 2.24) is 0 Å². The molecule has 0 saturated heterocycles. The second-order valence-electron chi connectivity index (χ2n) is 3.69. The fraction of sp³-hybridized carbons (Fsp3) is 0.400. The van der Waals surface area contributed by atoms with Crippen LogP contribution in [-0.4, -0.2) is 24.3 Å². The third kappa shape index (κ3) is 1.91. The number of rotatable bonds is 3. The molecule has 0 bridgehead atoms. The fourth-order valence-corrected chi connectivity index (χ4v) is 1.57. The maximum Gasteiger partial charge on any atom is 0.488 e. The van der Waals surface area contributed by atoms with Gasteiger partial charge >= 0.3 is 7.12 Å². The molecule has 0 aliphatic heterocycles. The summed E-state index contributed by atoms with van der Waals surface area (Å²) in [6.07, 6.45) is 2.38. The van der Waals surface area contributed by atoms with Crippen molar-refractivity contribution < 1.29 is 14.8 Å². The third-order valence-electron chi connectivity index (χ3n) is 2.53. The SMILES string of the molecule is COc1cc(B(O)O)cc(C2CC2)c1. The quantitative estimate of drug-likeness (QED) is 0.675. The van der Waals surface area contributed by atoms with E-state index in [1.165, 1.54) is 12.8 Å². The van der Waals surface area contributed by atoms with Gasteiger partial charge in [-0.1, -0.05) is 6.07 Å². The van der Waals surface area contributed by atoms with E-state index in [9.17, 15) is 0 Å². The van der Waals surface area contributed by atoms with E-state index >= 15 is 0 Å². The topological polar surface area (TPSA) is 49.7 Å². The Morgan fingerprint density at radius 3 is 2.50 bits per heavy atom. The van der Waals surface area contributed by atoms with Crippen LogP contribution in [0.3, 0.4) is 0 Å². The summed E-state index contributed by atoms with van der Waals surface area (Å²) in [6, 6.07) is 5.45. The van der Waals surface area contributed by atoms with Crippen molar-refractivity contribution in [2.24, 2.45) is 0 Å². The van der Waals surface area contributed by atoms with Gasteiger partial charge in [-0.3, -0.25) is 0 Å². The molecule has 74 valence electrons. The van der Waals surface area contributed by atoms with Crippen molar-refractivity contribution in [2.45, 2.75) is 18.8 Å². The number of ether oxygens (including phenoxy) is 1. The molecule has 0 unspecified atom stereocenters. The highest BCUT2D eigenvalue weighted by Gasteiger charge is 2.25. The monoisotopic (exact) mass is 192 g/mol. The lowest BCUT2D eigenvalue weighted by atomic mass is 9.79. The van der Waals surface area contributed by atoms with Crippen LogP contribution in [0.25, 0.3) is 0 Å². The average Bonchev–Trinajstić information content (AvgIpc) is 3.00. The molecule has 1 fully saturated rings. The Morgan fingerprint density at radius 1 is 1.29 bits per heavy atom. The minimum atomic E-state index is -1.41. The van der Waals surface area contributed by atoms with Gasteiger partial charge in [-0.2, -0.15) is 0 Å². The molecule has 0 radical (unpaired) electrons. The maximum absolute atomic E-state index is 9.07. The van der Waals surface area contributed by atoms with Gasteiger partial charge in [0.2, 0.25) is 0 Å². The van der Waals surface area contributed by atoms with Crippen LogP contribution < -0.4 is 10.2 Å². The van der Waals surface area contributed by atoms with Gasteiger partial charge < -0.3 is 14.8 Å². The standard InChI is InChI=1S/C10H13BO3/c1-14-10-5-8(7-2-3-7)4-9(6-10)11(12)13/h4-7,12-13H,2-3H2,1H3. The molecule has 1 saturated carbocycles. The van der Waals surface area contributed by atoms with Gasteiger partial charge in [0.15, 0.2) is 0 Å². The summed E-state index contributed by atoms with van der Waals surface area (Å²) in [5.74, 6) is 1.28. The Balaban J connectivity index is 2.35. The van der Waals surface area contributed by atoms with Gasteiger partial charge in [-0.05, 0) is 41.9 Å². The molecule has 2 rings (SSSR count). The summed E-state index contributed by atoms with van der Waals surface area (Å²) in [5, 5.41) is 18.1. The zero-order valence-corrected chi connectivity index (χ0v) is 8.10. The molecule has 3 nitrogen and oxygen atoms in total. The minimum absolute atomic E-state index is 0.506. The first kappa shape index (κ1) is 9.56. The number of methoxy groups -OCH3 is 1. The van der Waals surface area contributed by atoms with E-state index < -0.39 is 7.12 Å². The minimum Gasteiger partial charge on any atom is -0.497 e. The Kier molecular flexibility index (Phi) is 2.48. The predicted octanol–water partition coefficient (Wildman–Crippen LogP) is 0.252. The highest BCUT2D eigenvalue weighted by molar-refractivity contribution is 6.58. The van der Waals surface area contributed by atoms with E-state index in [2.05, 4.69) is 0 Å². The summed E-state index contributed by atoms with van der Waals surface area (Å²) < 4.78 is 5.10. The summed E-state index contributed by atoms with van der Waals surface area (Å²) in [5.41, 5.74) is 1.65. The molecular weight excluding hydrogens is 179 g/mol. The normalized spacial score (nSPS) is 15.4. The smallest absolute Gasteiger partial charge is 0.488 e. The van der Waals surface area contributed by atoms with E-state index in [1.54, 1.807) is 13.2 Å². The largest absolute Gasteiger partial charge is 0.497 e. The zero-order chi connectivity index (χ0) is 10.1. The molecule has 14 heavy (non-hydrogen) atoms. The van der Waals surface area contributed by atoms with Gasteiger partial charge in [0.25, 0.3) is 0 Å². The second kappa shape index (κ2) is 3.63. The first-order valence-corrected chi connectivity index (χ1v) is 4.75. The lowest BCUT2D eigenvalue weighted by molar-refractivity contribution is 0.411. The molecule has 1 aromatic rings. The average molecular weight is 192 g/mol. The van der Waals surface area contributed by atoms with E-state index in [0.29, 0.717) is 17.1 Å². The van der Waals surface area contributed by atoms with Crippen molar-refractivity contribution in [2.75, 3.05) is 7.11 Å². The Labute approximate surface area is 83.5 Å². The first-order chi connectivity index (χ1) is 6.70. The maximum atomic E-state index is 9.07. The van der Waals surface area contributed by atoms with E-state index in [4.69, 9.17) is 14.8 Å². The van der Waals surface area contributed by atoms with Crippen molar-refractivity contribution in [3.05, 3.63) is 23.8 Å². The highest BCUT2D eigenvalue weighted by atomic mass is 16.5. The van der Waals surface area contributed by atoms with Gasteiger partial charge in [0.1, 0.15) is 5.75 Å². The molecular formula is C10H13BO3. The molecule has 1 aliphatic carbocycles. The Morgan fingerprint density at radius 2 is 2.00 bits per heavy atom. The van der Waals surface area contributed by atoms with E-state index in [1.807, 2.05) is 12.1 Å². The molecule has 0 aromatic heterocycles. The van der Waals surface area contributed by atoms with Gasteiger partial charge in [0, 0.05) is 0 Å². The van der Waals surface area contributed by atoms with E-state index in [-0.39, 0.29) is 0 Å². The van der Waals surface area contributed by atoms with Crippen LogP contribution >= 0.6 is 0 Å². The summed E-state index contributed by atoms with van der Waals surface area (Å²) in [7, 11) is 0.169. The van der Waals surface area contributed by atoms with Crippen LogP contribution in [0.1, 0.15) is 24.3 Å². The predicted molar refractivity (Wildman–Crippen MR) is 54.8 cm³/mol. The Hall–Kier alpha value is -0.995. The number of hydrogen-bond donors (Lipinski definition) is 2. The summed E-state index contributed by atoms with van der Waals surface area (Å²) in [6.45, 7) is 0. The van der Waals surface area contributed by atoms with Crippen LogP contribution in [-0.2, 0) is 0 Å². The molecule has 1 aliphatic rings. The van der Waals surface area contributed by atoms with E-state index in [0.717, 1.165) is 5.56 Å². The summed E-state index contributed by atoms with van der Waals surface area (Å²) in [4.78, 5) is 0. The van der Waals surface area contributed by atoms with Crippen molar-refractivity contribution in [3.8, 4) is 5.75 Å². The molecule has 1 aromatic carbocycles. The lowest BCUT2D eigenvalue weighted by Gasteiger charge is -2.07. The number of hydrogen-bond acceptors (Lipinski definition) is 3. The molecule has 2 N–H and O–H groups in total. The molecule has 0 atom stereocenters.